The number of rotatable bonds is 7. The molecule has 0 radical (unpaired) electrons. The Morgan fingerprint density at radius 1 is 1.30 bits per heavy atom. The molecular weight excluding hydrogens is 392 g/mol. The molecule has 0 aliphatic rings. The zero-order valence-corrected chi connectivity index (χ0v) is 15.9. The van der Waals surface area contributed by atoms with E-state index in [0.29, 0.717) is 12.0 Å². The van der Waals surface area contributed by atoms with Gasteiger partial charge in [-0.3, -0.25) is 9.78 Å². The normalized spacial score (nSPS) is 10.7. The van der Waals surface area contributed by atoms with Gasteiger partial charge in [-0.1, -0.05) is 37.3 Å². The van der Waals surface area contributed by atoms with Gasteiger partial charge in [-0.25, -0.2) is 14.8 Å². The summed E-state index contributed by atoms with van der Waals surface area (Å²) < 4.78 is 32.7. The van der Waals surface area contributed by atoms with Crippen LogP contribution in [0.2, 0.25) is 0 Å². The van der Waals surface area contributed by atoms with E-state index in [1.165, 1.54) is 12.3 Å². The van der Waals surface area contributed by atoms with Gasteiger partial charge >= 0.3 is 0 Å². The third-order valence-electron chi connectivity index (χ3n) is 3.94. The van der Waals surface area contributed by atoms with Crippen molar-refractivity contribution < 1.29 is 13.5 Å². The Hall–Kier alpha value is -4.06. The molecule has 0 atom stereocenters. The number of halogens is 2. The Bertz CT molecular complexity index is 1170. The molecule has 2 aromatic carbocycles. The molecule has 0 saturated heterocycles. The maximum atomic E-state index is 13.8. The molecule has 7 nitrogen and oxygen atoms in total. The Morgan fingerprint density at radius 2 is 2.07 bits per heavy atom. The van der Waals surface area contributed by atoms with Gasteiger partial charge in [0.2, 0.25) is 11.8 Å². The number of anilines is 1. The highest BCUT2D eigenvalue weighted by Gasteiger charge is 2.13. The molecule has 3 aromatic rings. The van der Waals surface area contributed by atoms with E-state index >= 15 is 0 Å². The first-order chi connectivity index (χ1) is 14.5. The number of aromatic amines is 1. The van der Waals surface area contributed by atoms with E-state index in [0.717, 1.165) is 6.07 Å². The predicted molar refractivity (Wildman–Crippen MR) is 108 cm³/mol. The molecule has 0 unspecified atom stereocenters. The first kappa shape index (κ1) is 20.7. The summed E-state index contributed by atoms with van der Waals surface area (Å²) in [6.45, 7) is 2.09. The second kappa shape index (κ2) is 9.43. The van der Waals surface area contributed by atoms with Crippen molar-refractivity contribution in [3.05, 3.63) is 75.6 Å². The summed E-state index contributed by atoms with van der Waals surface area (Å²) in [6, 6.07) is 12.9. The summed E-state index contributed by atoms with van der Waals surface area (Å²) in [5.74, 6) is -2.37. The number of aromatic nitrogens is 2. The van der Waals surface area contributed by atoms with E-state index in [2.05, 4.69) is 20.5 Å². The molecule has 30 heavy (non-hydrogen) atoms. The van der Waals surface area contributed by atoms with Gasteiger partial charge < -0.3 is 4.74 Å². The van der Waals surface area contributed by atoms with Crippen LogP contribution in [0.25, 0.3) is 11.3 Å². The zero-order valence-electron chi connectivity index (χ0n) is 15.9. The van der Waals surface area contributed by atoms with Crippen LogP contribution in [-0.2, 0) is 0 Å². The largest absolute Gasteiger partial charge is 0.490 e. The number of nitriles is 1. The van der Waals surface area contributed by atoms with Gasteiger partial charge in [0, 0.05) is 11.1 Å². The third-order valence-corrected chi connectivity index (χ3v) is 3.94. The molecule has 3 rings (SSSR count). The fourth-order valence-electron chi connectivity index (χ4n) is 2.58. The number of nitrogens with zero attached hydrogens (tertiary/aromatic N) is 3. The quantitative estimate of drug-likeness (QED) is 0.456. The summed E-state index contributed by atoms with van der Waals surface area (Å²) in [7, 11) is 0. The van der Waals surface area contributed by atoms with Crippen molar-refractivity contribution in [2.75, 3.05) is 12.0 Å². The molecular formula is C21H17F2N5O2. The molecule has 0 spiro atoms. The molecule has 0 aliphatic heterocycles. The second-order valence-electron chi connectivity index (χ2n) is 6.15. The fourth-order valence-corrected chi connectivity index (χ4v) is 2.58. The highest BCUT2D eigenvalue weighted by Crippen LogP contribution is 2.22. The Balaban J connectivity index is 1.87. The maximum absolute atomic E-state index is 13.8. The van der Waals surface area contributed by atoms with Gasteiger partial charge in [-0.2, -0.15) is 14.8 Å². The first-order valence-corrected chi connectivity index (χ1v) is 9.04. The summed E-state index contributed by atoms with van der Waals surface area (Å²) in [4.78, 5) is 18.9. The van der Waals surface area contributed by atoms with Crippen LogP contribution in [-0.4, -0.2) is 22.8 Å². The van der Waals surface area contributed by atoms with E-state index in [4.69, 9.17) is 4.74 Å². The average molecular weight is 409 g/mol. The molecule has 152 valence electrons. The lowest BCUT2D eigenvalue weighted by molar-refractivity contribution is 0.295. The molecule has 0 fully saturated rings. The highest BCUT2D eigenvalue weighted by atomic mass is 19.2. The summed E-state index contributed by atoms with van der Waals surface area (Å²) in [5, 5.41) is 13.2. The molecule has 0 amide bonds. The van der Waals surface area contributed by atoms with E-state index in [1.807, 2.05) is 13.0 Å². The molecule has 0 bridgehead atoms. The molecule has 1 aromatic heterocycles. The van der Waals surface area contributed by atoms with E-state index in [9.17, 15) is 18.8 Å². The molecule has 9 heteroatoms. The number of nitrogens with one attached hydrogen (secondary N) is 2. The van der Waals surface area contributed by atoms with Gasteiger partial charge in [0.15, 0.2) is 11.6 Å². The Kier molecular flexibility index (Phi) is 6.49. The van der Waals surface area contributed by atoms with Crippen LogP contribution in [0.4, 0.5) is 14.7 Å². The van der Waals surface area contributed by atoms with Crippen molar-refractivity contribution in [2.24, 2.45) is 5.10 Å². The number of benzene rings is 2. The van der Waals surface area contributed by atoms with Crippen molar-refractivity contribution in [3.8, 4) is 23.1 Å². The molecule has 0 saturated carbocycles. The lowest BCUT2D eigenvalue weighted by Gasteiger charge is -2.08. The highest BCUT2D eigenvalue weighted by molar-refractivity contribution is 5.81. The van der Waals surface area contributed by atoms with Crippen LogP contribution in [0, 0.1) is 23.0 Å². The standard InChI is InChI=1S/C21H17F2N5O2/c1-2-8-30-17-10-13(9-16(22)18(17)23)12-25-28-21-26-19(14-6-4-3-5-7-14)15(11-24)20(29)27-21/h3-7,9-10,12H,2,8H2,1H3,(H2,26,27,28,29). The smallest absolute Gasteiger partial charge is 0.270 e. The molecule has 1 heterocycles. The van der Waals surface area contributed by atoms with Gasteiger partial charge in [0.1, 0.15) is 11.6 Å². The average Bonchev–Trinajstić information content (AvgIpc) is 2.75. The minimum Gasteiger partial charge on any atom is -0.490 e. The first-order valence-electron chi connectivity index (χ1n) is 9.04. The Labute approximate surface area is 170 Å². The minimum atomic E-state index is -1.07. The maximum Gasteiger partial charge on any atom is 0.270 e. The van der Waals surface area contributed by atoms with Crippen LogP contribution >= 0.6 is 0 Å². The van der Waals surface area contributed by atoms with Gasteiger partial charge in [-0.05, 0) is 18.6 Å². The molecule has 2 N–H and O–H groups in total. The van der Waals surface area contributed by atoms with Crippen LogP contribution in [0.5, 0.6) is 5.75 Å². The monoisotopic (exact) mass is 409 g/mol. The van der Waals surface area contributed by atoms with Crippen molar-refractivity contribution in [1.82, 2.24) is 9.97 Å². The Morgan fingerprint density at radius 3 is 2.77 bits per heavy atom. The second-order valence-corrected chi connectivity index (χ2v) is 6.15. The van der Waals surface area contributed by atoms with E-state index in [1.54, 1.807) is 30.3 Å². The number of hydrogen-bond donors (Lipinski definition) is 2. The summed E-state index contributed by atoms with van der Waals surface area (Å²) >= 11 is 0. The number of hydrogen-bond acceptors (Lipinski definition) is 6. The van der Waals surface area contributed by atoms with Gasteiger partial charge in [0.25, 0.3) is 5.56 Å². The number of H-pyrrole nitrogens is 1. The minimum absolute atomic E-state index is 0.0147. The van der Waals surface area contributed by atoms with E-state index in [-0.39, 0.29) is 35.1 Å². The van der Waals surface area contributed by atoms with Gasteiger partial charge in [-0.15, -0.1) is 0 Å². The third kappa shape index (κ3) is 4.67. The van der Waals surface area contributed by atoms with Crippen molar-refractivity contribution in [1.29, 1.82) is 5.26 Å². The van der Waals surface area contributed by atoms with E-state index < -0.39 is 17.2 Å². The summed E-state index contributed by atoms with van der Waals surface area (Å²) in [5.41, 5.74) is 2.79. The van der Waals surface area contributed by atoms with Crippen molar-refractivity contribution in [2.45, 2.75) is 13.3 Å². The van der Waals surface area contributed by atoms with Crippen LogP contribution in [0.1, 0.15) is 24.5 Å². The SMILES string of the molecule is CCCOc1cc(C=NNc2nc(-c3ccccc3)c(C#N)c(=O)[nH]2)cc(F)c1F. The topological polar surface area (TPSA) is 103 Å². The van der Waals surface area contributed by atoms with Gasteiger partial charge in [0.05, 0.1) is 18.5 Å². The number of hydrazone groups is 1. The number of ether oxygens (including phenoxy) is 1. The zero-order chi connectivity index (χ0) is 21.5. The lowest BCUT2D eigenvalue weighted by Crippen LogP contribution is -2.16. The predicted octanol–water partition coefficient (Wildman–Crippen LogP) is 3.82. The molecule has 0 aliphatic carbocycles. The van der Waals surface area contributed by atoms with Crippen molar-refractivity contribution >= 4 is 12.2 Å². The summed E-state index contributed by atoms with van der Waals surface area (Å²) in [6.07, 6.45) is 1.87. The van der Waals surface area contributed by atoms with Crippen LogP contribution < -0.4 is 15.7 Å². The fraction of sp³-hybridized carbons (Fsp3) is 0.143. The van der Waals surface area contributed by atoms with Crippen LogP contribution in [0.3, 0.4) is 0 Å². The van der Waals surface area contributed by atoms with Crippen molar-refractivity contribution in [3.63, 3.8) is 0 Å². The lowest BCUT2D eigenvalue weighted by atomic mass is 10.1. The van der Waals surface area contributed by atoms with Crippen LogP contribution in [0.15, 0.2) is 52.4 Å².